The Kier molecular flexibility index (Phi) is 7.20. The summed E-state index contributed by atoms with van der Waals surface area (Å²) >= 11 is 1.59. The molecule has 0 bridgehead atoms. The maximum Gasteiger partial charge on any atom is 0.255 e. The van der Waals surface area contributed by atoms with Crippen LogP contribution >= 0.6 is 11.3 Å². The third kappa shape index (κ3) is 5.67. The molecule has 0 aliphatic heterocycles. The van der Waals surface area contributed by atoms with Crippen molar-refractivity contribution in [2.75, 3.05) is 11.9 Å². The molecule has 0 atom stereocenters. The number of thiazole rings is 1. The van der Waals surface area contributed by atoms with Crippen molar-refractivity contribution in [3.63, 3.8) is 0 Å². The van der Waals surface area contributed by atoms with E-state index in [1.165, 1.54) is 6.42 Å². The number of amides is 1. The van der Waals surface area contributed by atoms with E-state index in [1.807, 2.05) is 56.3 Å². The number of hydrogen-bond donors (Lipinski definition) is 1. The highest BCUT2D eigenvalue weighted by Gasteiger charge is 2.09. The smallest absolute Gasteiger partial charge is 0.255 e. The summed E-state index contributed by atoms with van der Waals surface area (Å²) in [7, 11) is 0. The monoisotopic (exact) mass is 394 g/mol. The standard InChI is InChI=1S/C23H26N2O2S/c1-3-4-5-6-7-8-14-27-20-11-9-10-19(16-20)25-23(26)18-12-13-21-22(15-18)28-17(2)24-21/h3-4,9-13,15-16H,5-8,14H2,1-2H3,(H,25,26). The maximum atomic E-state index is 12.6. The first kappa shape index (κ1) is 20.1. The number of anilines is 1. The summed E-state index contributed by atoms with van der Waals surface area (Å²) in [6.45, 7) is 4.71. The first-order chi connectivity index (χ1) is 13.7. The summed E-state index contributed by atoms with van der Waals surface area (Å²) in [4.78, 5) is 17.0. The summed E-state index contributed by atoms with van der Waals surface area (Å²) < 4.78 is 6.85. The normalized spacial score (nSPS) is 11.2. The lowest BCUT2D eigenvalue weighted by molar-refractivity contribution is 0.102. The lowest BCUT2D eigenvalue weighted by Crippen LogP contribution is -2.11. The fourth-order valence-corrected chi connectivity index (χ4v) is 3.81. The molecule has 0 radical (unpaired) electrons. The number of unbranched alkanes of at least 4 members (excludes halogenated alkanes) is 3. The van der Waals surface area contributed by atoms with Gasteiger partial charge < -0.3 is 10.1 Å². The number of hydrogen-bond acceptors (Lipinski definition) is 4. The van der Waals surface area contributed by atoms with Gasteiger partial charge in [0.05, 0.1) is 21.8 Å². The highest BCUT2D eigenvalue weighted by Crippen LogP contribution is 2.24. The van der Waals surface area contributed by atoms with E-state index in [1.54, 1.807) is 11.3 Å². The number of aromatic nitrogens is 1. The summed E-state index contributed by atoms with van der Waals surface area (Å²) in [5.41, 5.74) is 2.29. The van der Waals surface area contributed by atoms with Gasteiger partial charge in [0, 0.05) is 17.3 Å². The van der Waals surface area contributed by atoms with Crippen LogP contribution in [0.5, 0.6) is 5.75 Å². The van der Waals surface area contributed by atoms with Crippen LogP contribution in [0, 0.1) is 6.92 Å². The second-order valence-electron chi connectivity index (χ2n) is 6.66. The molecule has 0 saturated carbocycles. The van der Waals surface area contributed by atoms with Crippen molar-refractivity contribution < 1.29 is 9.53 Å². The molecule has 2 aromatic carbocycles. The van der Waals surface area contributed by atoms with Crippen LogP contribution in [0.3, 0.4) is 0 Å². The highest BCUT2D eigenvalue weighted by atomic mass is 32.1. The van der Waals surface area contributed by atoms with E-state index >= 15 is 0 Å². The number of nitrogens with zero attached hydrogens (tertiary/aromatic N) is 1. The predicted molar refractivity (Wildman–Crippen MR) is 118 cm³/mol. The first-order valence-corrected chi connectivity index (χ1v) is 10.5. The highest BCUT2D eigenvalue weighted by molar-refractivity contribution is 7.18. The van der Waals surface area contributed by atoms with Crippen LogP contribution in [0.15, 0.2) is 54.6 Å². The van der Waals surface area contributed by atoms with Gasteiger partial charge in [-0.3, -0.25) is 4.79 Å². The Hall–Kier alpha value is -2.66. The minimum atomic E-state index is -0.130. The van der Waals surface area contributed by atoms with Gasteiger partial charge >= 0.3 is 0 Å². The predicted octanol–water partition coefficient (Wildman–Crippen LogP) is 6.37. The van der Waals surface area contributed by atoms with Crippen LogP contribution in [0.4, 0.5) is 5.69 Å². The van der Waals surface area contributed by atoms with E-state index < -0.39 is 0 Å². The second kappa shape index (κ2) is 10.0. The molecule has 146 valence electrons. The van der Waals surface area contributed by atoms with Gasteiger partial charge in [0.2, 0.25) is 0 Å². The minimum Gasteiger partial charge on any atom is -0.494 e. The number of allylic oxidation sites excluding steroid dienone is 2. The van der Waals surface area contributed by atoms with Gasteiger partial charge in [0.1, 0.15) is 5.75 Å². The maximum absolute atomic E-state index is 12.6. The average molecular weight is 395 g/mol. The van der Waals surface area contributed by atoms with Crippen molar-refractivity contribution >= 4 is 33.1 Å². The molecule has 0 aliphatic rings. The molecule has 1 N–H and O–H groups in total. The van der Waals surface area contributed by atoms with Crippen molar-refractivity contribution in [3.05, 3.63) is 65.2 Å². The Morgan fingerprint density at radius 3 is 2.93 bits per heavy atom. The van der Waals surface area contributed by atoms with Gasteiger partial charge in [0.25, 0.3) is 5.91 Å². The summed E-state index contributed by atoms with van der Waals surface area (Å²) in [6, 6.07) is 13.1. The fraction of sp³-hybridized carbons (Fsp3) is 0.304. The molecule has 3 aromatic rings. The Morgan fingerprint density at radius 2 is 2.07 bits per heavy atom. The van der Waals surface area contributed by atoms with E-state index in [2.05, 4.69) is 22.5 Å². The molecule has 0 aliphatic carbocycles. The largest absolute Gasteiger partial charge is 0.494 e. The van der Waals surface area contributed by atoms with E-state index in [9.17, 15) is 4.79 Å². The van der Waals surface area contributed by atoms with E-state index in [0.29, 0.717) is 12.2 Å². The number of nitrogens with one attached hydrogen (secondary N) is 1. The number of carbonyl (C=O) groups excluding carboxylic acids is 1. The molecule has 1 amide bonds. The van der Waals surface area contributed by atoms with E-state index in [0.717, 1.165) is 45.9 Å². The Morgan fingerprint density at radius 1 is 1.18 bits per heavy atom. The molecule has 1 heterocycles. The van der Waals surface area contributed by atoms with Crippen LogP contribution in [0.2, 0.25) is 0 Å². The van der Waals surface area contributed by atoms with Crippen LogP contribution in [0.1, 0.15) is 48.0 Å². The van der Waals surface area contributed by atoms with Crippen LogP contribution in [0.25, 0.3) is 10.2 Å². The number of ether oxygens (including phenoxy) is 1. The first-order valence-electron chi connectivity index (χ1n) is 9.68. The van der Waals surface area contributed by atoms with Crippen molar-refractivity contribution in [2.45, 2.75) is 39.5 Å². The van der Waals surface area contributed by atoms with Crippen molar-refractivity contribution in [3.8, 4) is 5.75 Å². The van der Waals surface area contributed by atoms with Gasteiger partial charge in [-0.25, -0.2) is 4.98 Å². The number of aryl methyl sites for hydroxylation is 1. The van der Waals surface area contributed by atoms with E-state index in [-0.39, 0.29) is 5.91 Å². The Balaban J connectivity index is 1.53. The zero-order valence-corrected chi connectivity index (χ0v) is 17.2. The molecular weight excluding hydrogens is 368 g/mol. The Labute approximate surface area is 170 Å². The van der Waals surface area contributed by atoms with E-state index in [4.69, 9.17) is 4.74 Å². The quantitative estimate of drug-likeness (QED) is 0.339. The molecule has 0 unspecified atom stereocenters. The fourth-order valence-electron chi connectivity index (χ4n) is 2.95. The Bertz CT molecular complexity index is 962. The lowest BCUT2D eigenvalue weighted by Gasteiger charge is -2.09. The zero-order chi connectivity index (χ0) is 19.8. The molecule has 5 heteroatoms. The van der Waals surface area contributed by atoms with Gasteiger partial charge in [-0.15, -0.1) is 11.3 Å². The van der Waals surface area contributed by atoms with Crippen molar-refractivity contribution in [1.82, 2.24) is 4.98 Å². The number of carbonyl (C=O) groups is 1. The van der Waals surface area contributed by atoms with Crippen molar-refractivity contribution in [1.29, 1.82) is 0 Å². The zero-order valence-electron chi connectivity index (χ0n) is 16.4. The topological polar surface area (TPSA) is 51.2 Å². The molecular formula is C23H26N2O2S. The van der Waals surface area contributed by atoms with Crippen LogP contribution in [-0.4, -0.2) is 17.5 Å². The molecule has 0 spiro atoms. The van der Waals surface area contributed by atoms with Crippen LogP contribution < -0.4 is 10.1 Å². The van der Waals surface area contributed by atoms with Gasteiger partial charge in [-0.1, -0.05) is 18.2 Å². The number of rotatable bonds is 9. The van der Waals surface area contributed by atoms with Gasteiger partial charge in [-0.05, 0) is 69.9 Å². The minimum absolute atomic E-state index is 0.130. The SMILES string of the molecule is CC=CCCCCCOc1cccc(NC(=O)c2ccc3nc(C)sc3c2)c1. The lowest BCUT2D eigenvalue weighted by atomic mass is 10.2. The van der Waals surface area contributed by atoms with Crippen molar-refractivity contribution in [2.24, 2.45) is 0 Å². The summed E-state index contributed by atoms with van der Waals surface area (Å²) in [5, 5.41) is 3.95. The third-order valence-electron chi connectivity index (χ3n) is 4.37. The average Bonchev–Trinajstić information content (AvgIpc) is 3.06. The number of fused-ring (bicyclic) bond motifs is 1. The third-order valence-corrected chi connectivity index (χ3v) is 5.30. The molecule has 0 fully saturated rings. The second-order valence-corrected chi connectivity index (χ2v) is 7.90. The molecule has 28 heavy (non-hydrogen) atoms. The molecule has 3 rings (SSSR count). The molecule has 0 saturated heterocycles. The number of benzene rings is 2. The van der Waals surface area contributed by atoms with Crippen LogP contribution in [-0.2, 0) is 0 Å². The van der Waals surface area contributed by atoms with Gasteiger partial charge in [-0.2, -0.15) is 0 Å². The summed E-state index contributed by atoms with van der Waals surface area (Å²) in [5.74, 6) is 0.647. The summed E-state index contributed by atoms with van der Waals surface area (Å²) in [6.07, 6.45) is 8.79. The molecule has 1 aromatic heterocycles. The van der Waals surface area contributed by atoms with Gasteiger partial charge in [0.15, 0.2) is 0 Å². The molecule has 4 nitrogen and oxygen atoms in total.